The fraction of sp³-hybridized carbons (Fsp3) is 0.538. The molecular formula is C13H15F2NO2S. The monoisotopic (exact) mass is 287 g/mol. The number of ether oxygens (including phenoxy) is 2. The molecule has 2 heterocycles. The predicted molar refractivity (Wildman–Crippen MR) is 71.2 cm³/mol. The van der Waals surface area contributed by atoms with E-state index >= 15 is 0 Å². The van der Waals surface area contributed by atoms with Crippen LogP contribution < -0.4 is 14.8 Å². The largest absolute Gasteiger partial charge is 0.586 e. The zero-order valence-corrected chi connectivity index (χ0v) is 11.3. The molecule has 1 aromatic rings. The molecule has 2 aliphatic heterocycles. The number of fused-ring (bicyclic) bond motifs is 1. The molecule has 2 atom stereocenters. The average molecular weight is 287 g/mol. The molecule has 6 heteroatoms. The van der Waals surface area contributed by atoms with Gasteiger partial charge in [0, 0.05) is 23.0 Å². The Hall–Kier alpha value is -1.17. The number of hydrogen-bond acceptors (Lipinski definition) is 4. The third-order valence-corrected chi connectivity index (χ3v) is 4.74. The summed E-state index contributed by atoms with van der Waals surface area (Å²) < 4.78 is 34.7. The van der Waals surface area contributed by atoms with Crippen molar-refractivity contribution < 1.29 is 18.3 Å². The number of nitrogens with one attached hydrogen (secondary N) is 1. The van der Waals surface area contributed by atoms with Gasteiger partial charge < -0.3 is 14.8 Å². The van der Waals surface area contributed by atoms with E-state index in [9.17, 15) is 8.78 Å². The van der Waals surface area contributed by atoms with E-state index in [0.717, 1.165) is 12.1 Å². The zero-order chi connectivity index (χ0) is 13.5. The number of hydrogen-bond donors (Lipinski definition) is 1. The lowest BCUT2D eigenvalue weighted by Crippen LogP contribution is -2.32. The van der Waals surface area contributed by atoms with Crippen LogP contribution in [-0.2, 0) is 0 Å². The van der Waals surface area contributed by atoms with E-state index in [-0.39, 0.29) is 11.5 Å². The Morgan fingerprint density at radius 1 is 1.32 bits per heavy atom. The Morgan fingerprint density at radius 2 is 2.11 bits per heavy atom. The molecule has 2 aliphatic rings. The molecule has 19 heavy (non-hydrogen) atoms. The molecule has 0 bridgehead atoms. The highest BCUT2D eigenvalue weighted by molar-refractivity contribution is 8.00. The van der Waals surface area contributed by atoms with Gasteiger partial charge >= 0.3 is 6.29 Å². The van der Waals surface area contributed by atoms with E-state index in [1.54, 1.807) is 12.1 Å². The van der Waals surface area contributed by atoms with E-state index in [2.05, 4.69) is 21.7 Å². The topological polar surface area (TPSA) is 30.5 Å². The van der Waals surface area contributed by atoms with Crippen molar-refractivity contribution in [2.24, 2.45) is 0 Å². The van der Waals surface area contributed by atoms with Crippen LogP contribution in [0.15, 0.2) is 18.2 Å². The lowest BCUT2D eigenvalue weighted by atomic mass is 10.1. The van der Waals surface area contributed by atoms with Crippen LogP contribution in [0.1, 0.15) is 19.8 Å². The highest BCUT2D eigenvalue weighted by atomic mass is 32.2. The molecule has 0 saturated carbocycles. The molecule has 0 aliphatic carbocycles. The van der Waals surface area contributed by atoms with Crippen molar-refractivity contribution in [3.05, 3.63) is 18.2 Å². The van der Waals surface area contributed by atoms with Gasteiger partial charge in [-0.3, -0.25) is 0 Å². The minimum Gasteiger partial charge on any atom is -0.395 e. The summed E-state index contributed by atoms with van der Waals surface area (Å²) in [7, 11) is 0. The van der Waals surface area contributed by atoms with Crippen LogP contribution in [0.25, 0.3) is 0 Å². The first-order chi connectivity index (χ1) is 9.03. The number of alkyl halides is 2. The second-order valence-electron chi connectivity index (χ2n) is 4.80. The highest BCUT2D eigenvalue weighted by Crippen LogP contribution is 2.42. The minimum atomic E-state index is -3.55. The third-order valence-electron chi connectivity index (χ3n) is 3.36. The molecule has 0 spiro atoms. The summed E-state index contributed by atoms with van der Waals surface area (Å²) in [6, 6.07) is 5.19. The van der Waals surface area contributed by atoms with Crippen molar-refractivity contribution in [3.8, 4) is 11.5 Å². The zero-order valence-electron chi connectivity index (χ0n) is 10.5. The van der Waals surface area contributed by atoms with Crippen molar-refractivity contribution in [1.82, 2.24) is 0 Å². The summed E-state index contributed by atoms with van der Waals surface area (Å²) in [5.41, 5.74) is 0.791. The third kappa shape index (κ3) is 2.73. The van der Waals surface area contributed by atoms with Crippen LogP contribution in [0.2, 0.25) is 0 Å². The number of benzene rings is 1. The number of halogens is 2. The number of rotatable bonds is 2. The van der Waals surface area contributed by atoms with Crippen LogP contribution in [0.5, 0.6) is 11.5 Å². The van der Waals surface area contributed by atoms with Gasteiger partial charge in [0.05, 0.1) is 0 Å². The van der Waals surface area contributed by atoms with Gasteiger partial charge in [-0.05, 0) is 30.7 Å². The van der Waals surface area contributed by atoms with Gasteiger partial charge in [0.2, 0.25) is 0 Å². The number of thioether (sulfide) groups is 1. The van der Waals surface area contributed by atoms with Crippen molar-refractivity contribution in [1.29, 1.82) is 0 Å². The molecule has 104 valence electrons. The highest BCUT2D eigenvalue weighted by Gasteiger charge is 2.43. The first kappa shape index (κ1) is 12.8. The molecular weight excluding hydrogens is 272 g/mol. The molecule has 0 radical (unpaired) electrons. The van der Waals surface area contributed by atoms with Gasteiger partial charge in [-0.15, -0.1) is 8.78 Å². The van der Waals surface area contributed by atoms with Gasteiger partial charge in [0.15, 0.2) is 11.5 Å². The summed E-state index contributed by atoms with van der Waals surface area (Å²) in [5, 5.41) is 3.90. The Bertz CT molecular complexity index is 484. The molecule has 1 aromatic carbocycles. The molecule has 3 rings (SSSR count). The van der Waals surface area contributed by atoms with Crippen LogP contribution in [0.3, 0.4) is 0 Å². The molecule has 1 fully saturated rings. The lowest BCUT2D eigenvalue weighted by molar-refractivity contribution is -0.286. The summed E-state index contributed by atoms with van der Waals surface area (Å²) in [4.78, 5) is 0. The van der Waals surface area contributed by atoms with E-state index < -0.39 is 6.29 Å². The van der Waals surface area contributed by atoms with E-state index in [1.165, 1.54) is 18.2 Å². The van der Waals surface area contributed by atoms with Crippen molar-refractivity contribution in [3.63, 3.8) is 0 Å². The van der Waals surface area contributed by atoms with Crippen LogP contribution in [0.4, 0.5) is 14.5 Å². The Balaban J connectivity index is 1.73. The second kappa shape index (κ2) is 4.74. The summed E-state index contributed by atoms with van der Waals surface area (Å²) in [6.07, 6.45) is -1.27. The fourth-order valence-corrected chi connectivity index (χ4v) is 3.51. The minimum absolute atomic E-state index is 0.0848. The molecule has 1 N–H and O–H groups in total. The molecule has 0 amide bonds. The summed E-state index contributed by atoms with van der Waals surface area (Å²) >= 11 is 1.93. The molecule has 3 nitrogen and oxygen atoms in total. The van der Waals surface area contributed by atoms with Crippen molar-refractivity contribution in [2.75, 3.05) is 11.1 Å². The van der Waals surface area contributed by atoms with Crippen molar-refractivity contribution in [2.45, 2.75) is 37.4 Å². The summed E-state index contributed by atoms with van der Waals surface area (Å²) in [5.74, 6) is 1.36. The van der Waals surface area contributed by atoms with Gasteiger partial charge in [0.1, 0.15) is 0 Å². The Morgan fingerprint density at radius 3 is 2.89 bits per heavy atom. The Labute approximate surface area is 114 Å². The number of anilines is 1. The Kier molecular flexibility index (Phi) is 3.20. The smallest absolute Gasteiger partial charge is 0.395 e. The molecule has 1 saturated heterocycles. The van der Waals surface area contributed by atoms with Gasteiger partial charge in [-0.2, -0.15) is 11.8 Å². The van der Waals surface area contributed by atoms with E-state index in [4.69, 9.17) is 0 Å². The predicted octanol–water partition coefficient (Wildman–Crippen LogP) is 3.70. The first-order valence-corrected chi connectivity index (χ1v) is 7.36. The lowest BCUT2D eigenvalue weighted by Gasteiger charge is -2.29. The maximum atomic E-state index is 12.9. The standard InChI is InChI=1S/C13H15F2NO2S/c1-8-10(3-2-6-19-8)16-9-4-5-11-12(7-9)18-13(14,15)17-11/h4-5,7-8,10,16H,2-3,6H2,1H3. The van der Waals surface area contributed by atoms with Crippen molar-refractivity contribution >= 4 is 17.4 Å². The van der Waals surface area contributed by atoms with Crippen LogP contribution in [-0.4, -0.2) is 23.3 Å². The molecule has 2 unspecified atom stereocenters. The molecule has 0 aromatic heterocycles. The van der Waals surface area contributed by atoms with Gasteiger partial charge in [0.25, 0.3) is 0 Å². The van der Waals surface area contributed by atoms with Gasteiger partial charge in [-0.25, -0.2) is 0 Å². The fourth-order valence-electron chi connectivity index (χ4n) is 2.37. The normalized spacial score (nSPS) is 28.2. The maximum Gasteiger partial charge on any atom is 0.586 e. The van der Waals surface area contributed by atoms with Crippen LogP contribution in [0, 0.1) is 0 Å². The maximum absolute atomic E-state index is 12.9. The second-order valence-corrected chi connectivity index (χ2v) is 6.28. The summed E-state index contributed by atoms with van der Waals surface area (Å²) in [6.45, 7) is 2.18. The van der Waals surface area contributed by atoms with Crippen LogP contribution >= 0.6 is 11.8 Å². The van der Waals surface area contributed by atoms with E-state index in [0.29, 0.717) is 11.3 Å². The first-order valence-electron chi connectivity index (χ1n) is 6.31. The van der Waals surface area contributed by atoms with Gasteiger partial charge in [-0.1, -0.05) is 6.92 Å². The average Bonchev–Trinajstić information content (AvgIpc) is 2.65. The van der Waals surface area contributed by atoms with E-state index in [1.807, 2.05) is 11.8 Å². The SMILES string of the molecule is CC1SCCCC1Nc1ccc2c(c1)OC(F)(F)O2. The quantitative estimate of drug-likeness (QED) is 0.898.